The number of rotatable bonds is 5. The van der Waals surface area contributed by atoms with E-state index in [1.54, 1.807) is 0 Å². The Hall–Kier alpha value is -1.41. The summed E-state index contributed by atoms with van der Waals surface area (Å²) in [5.74, 6) is 0. The molecule has 0 aliphatic carbocycles. The Labute approximate surface area is 126 Å². The van der Waals surface area contributed by atoms with E-state index in [1.165, 1.54) is 0 Å². The molecule has 2 N–H and O–H groups in total. The van der Waals surface area contributed by atoms with Crippen LogP contribution in [0.25, 0.3) is 0 Å². The van der Waals surface area contributed by atoms with E-state index in [9.17, 15) is 10.2 Å². The maximum atomic E-state index is 10.4. The predicted molar refractivity (Wildman–Crippen MR) is 81.5 cm³/mol. The Balaban J connectivity index is 1.97. The van der Waals surface area contributed by atoms with Crippen molar-refractivity contribution in [2.24, 2.45) is 5.41 Å². The molecule has 0 unspecified atom stereocenters. The molecular weight excluding hydrogens is 264 g/mol. The zero-order valence-electron chi connectivity index (χ0n) is 12.6. The normalized spacial score (nSPS) is 26.5. The molecule has 0 saturated carbocycles. The molecule has 1 aliphatic rings. The molecular formula is C17H24N2O2. The fourth-order valence-corrected chi connectivity index (χ4v) is 3.22. The number of nitriles is 1. The smallest absolute Gasteiger partial charge is 0.0991 e. The number of benzene rings is 1. The van der Waals surface area contributed by atoms with E-state index in [2.05, 4.69) is 17.9 Å². The fourth-order valence-electron chi connectivity index (χ4n) is 3.22. The lowest BCUT2D eigenvalue weighted by Crippen LogP contribution is -2.52. The lowest BCUT2D eigenvalue weighted by molar-refractivity contribution is -0.0802. The molecule has 114 valence electrons. The molecule has 1 aromatic carbocycles. The van der Waals surface area contributed by atoms with Crippen molar-refractivity contribution in [3.63, 3.8) is 0 Å². The number of likely N-dealkylation sites (tertiary alicyclic amines) is 1. The summed E-state index contributed by atoms with van der Waals surface area (Å²) in [7, 11) is 0. The first kappa shape index (κ1) is 16.0. The maximum Gasteiger partial charge on any atom is 0.0991 e. The van der Waals surface area contributed by atoms with Crippen molar-refractivity contribution in [1.29, 1.82) is 5.26 Å². The van der Waals surface area contributed by atoms with Crippen LogP contribution in [0.3, 0.4) is 0 Å². The first-order valence-corrected chi connectivity index (χ1v) is 7.64. The average Bonchev–Trinajstić information content (AvgIpc) is 2.51. The van der Waals surface area contributed by atoms with Crippen LogP contribution in [0.1, 0.15) is 37.3 Å². The van der Waals surface area contributed by atoms with Crippen molar-refractivity contribution in [1.82, 2.24) is 4.90 Å². The van der Waals surface area contributed by atoms with Gasteiger partial charge in [0.15, 0.2) is 0 Å². The van der Waals surface area contributed by atoms with E-state index in [-0.39, 0.29) is 12.0 Å². The molecule has 2 rings (SSSR count). The third kappa shape index (κ3) is 3.62. The summed E-state index contributed by atoms with van der Waals surface area (Å²) in [5, 5.41) is 28.9. The Bertz CT molecular complexity index is 495. The first-order chi connectivity index (χ1) is 10.1. The molecule has 0 bridgehead atoms. The standard InChI is InChI=1S/C17H24N2O2/c1-2-7-17(13-20)8-9-19(12-16(17)21)11-15-5-3-14(10-18)4-6-15/h3-6,16,20-21H,2,7-9,11-13H2,1H3/t16-,17-/m1/s1. The van der Waals surface area contributed by atoms with E-state index < -0.39 is 6.10 Å². The molecule has 4 heteroatoms. The van der Waals surface area contributed by atoms with Gasteiger partial charge >= 0.3 is 0 Å². The van der Waals surface area contributed by atoms with Gasteiger partial charge in [0, 0.05) is 18.5 Å². The van der Waals surface area contributed by atoms with E-state index >= 15 is 0 Å². The van der Waals surface area contributed by atoms with Crippen molar-refractivity contribution in [3.05, 3.63) is 35.4 Å². The summed E-state index contributed by atoms with van der Waals surface area (Å²) in [5.41, 5.74) is 1.49. The third-order valence-corrected chi connectivity index (χ3v) is 4.62. The highest BCUT2D eigenvalue weighted by molar-refractivity contribution is 5.31. The van der Waals surface area contributed by atoms with Crippen LogP contribution in [-0.2, 0) is 6.54 Å². The summed E-state index contributed by atoms with van der Waals surface area (Å²) >= 11 is 0. The second-order valence-electron chi connectivity index (χ2n) is 6.08. The van der Waals surface area contributed by atoms with Gasteiger partial charge in [-0.2, -0.15) is 5.26 Å². The number of aliphatic hydroxyl groups excluding tert-OH is 2. The summed E-state index contributed by atoms with van der Waals surface area (Å²) in [6.07, 6.45) is 2.20. The number of nitrogens with zero attached hydrogens (tertiary/aromatic N) is 2. The molecule has 0 aromatic heterocycles. The highest BCUT2D eigenvalue weighted by Crippen LogP contribution is 2.36. The van der Waals surface area contributed by atoms with Crippen LogP contribution >= 0.6 is 0 Å². The number of piperidine rings is 1. The van der Waals surface area contributed by atoms with Crippen LogP contribution in [0.15, 0.2) is 24.3 Å². The maximum absolute atomic E-state index is 10.4. The van der Waals surface area contributed by atoms with Crippen molar-refractivity contribution in [3.8, 4) is 6.07 Å². The van der Waals surface area contributed by atoms with Gasteiger partial charge in [0.2, 0.25) is 0 Å². The van der Waals surface area contributed by atoms with Crippen LogP contribution in [0.4, 0.5) is 0 Å². The van der Waals surface area contributed by atoms with Gasteiger partial charge in [0.05, 0.1) is 24.3 Å². The molecule has 21 heavy (non-hydrogen) atoms. The van der Waals surface area contributed by atoms with E-state index in [1.807, 2.05) is 24.3 Å². The largest absolute Gasteiger partial charge is 0.396 e. The minimum atomic E-state index is -0.477. The Kier molecular flexibility index (Phi) is 5.35. The van der Waals surface area contributed by atoms with Gasteiger partial charge in [-0.15, -0.1) is 0 Å². The molecule has 4 nitrogen and oxygen atoms in total. The molecule has 1 fully saturated rings. The molecule has 0 radical (unpaired) electrons. The van der Waals surface area contributed by atoms with E-state index in [0.29, 0.717) is 12.1 Å². The van der Waals surface area contributed by atoms with Crippen LogP contribution in [-0.4, -0.2) is 40.9 Å². The molecule has 1 aromatic rings. The third-order valence-electron chi connectivity index (χ3n) is 4.62. The molecule has 1 heterocycles. The van der Waals surface area contributed by atoms with Gasteiger partial charge in [0.25, 0.3) is 0 Å². The molecule has 2 atom stereocenters. The van der Waals surface area contributed by atoms with Gasteiger partial charge in [-0.25, -0.2) is 0 Å². The van der Waals surface area contributed by atoms with Gasteiger partial charge in [-0.1, -0.05) is 25.5 Å². The minimum Gasteiger partial charge on any atom is -0.396 e. The number of hydrogen-bond donors (Lipinski definition) is 2. The highest BCUT2D eigenvalue weighted by atomic mass is 16.3. The Morgan fingerprint density at radius 1 is 1.38 bits per heavy atom. The zero-order valence-corrected chi connectivity index (χ0v) is 12.6. The second-order valence-corrected chi connectivity index (χ2v) is 6.08. The van der Waals surface area contributed by atoms with E-state index in [4.69, 9.17) is 5.26 Å². The topological polar surface area (TPSA) is 67.5 Å². The van der Waals surface area contributed by atoms with Crippen molar-refractivity contribution < 1.29 is 10.2 Å². The Morgan fingerprint density at radius 2 is 2.10 bits per heavy atom. The molecule has 1 aliphatic heterocycles. The van der Waals surface area contributed by atoms with Gasteiger partial charge < -0.3 is 10.2 Å². The molecule has 1 saturated heterocycles. The summed E-state index contributed by atoms with van der Waals surface area (Å²) < 4.78 is 0. The van der Waals surface area contributed by atoms with Crippen LogP contribution < -0.4 is 0 Å². The quantitative estimate of drug-likeness (QED) is 0.868. The lowest BCUT2D eigenvalue weighted by Gasteiger charge is -2.44. The first-order valence-electron chi connectivity index (χ1n) is 7.64. The molecule has 0 spiro atoms. The van der Waals surface area contributed by atoms with Gasteiger partial charge in [0.1, 0.15) is 0 Å². The summed E-state index contributed by atoms with van der Waals surface area (Å²) in [6, 6.07) is 9.69. The highest BCUT2D eigenvalue weighted by Gasteiger charge is 2.40. The lowest BCUT2D eigenvalue weighted by atomic mass is 9.73. The van der Waals surface area contributed by atoms with Gasteiger partial charge in [-0.05, 0) is 37.1 Å². The number of aliphatic hydroxyl groups is 2. The number of hydrogen-bond acceptors (Lipinski definition) is 4. The predicted octanol–water partition coefficient (Wildman–Crippen LogP) is 1.90. The summed E-state index contributed by atoms with van der Waals surface area (Å²) in [6.45, 7) is 4.41. The van der Waals surface area contributed by atoms with E-state index in [0.717, 1.165) is 37.9 Å². The average molecular weight is 288 g/mol. The van der Waals surface area contributed by atoms with Gasteiger partial charge in [-0.3, -0.25) is 4.90 Å². The fraction of sp³-hybridized carbons (Fsp3) is 0.588. The van der Waals surface area contributed by atoms with Crippen LogP contribution in [0.5, 0.6) is 0 Å². The van der Waals surface area contributed by atoms with Crippen molar-refractivity contribution >= 4 is 0 Å². The second kappa shape index (κ2) is 7.04. The SMILES string of the molecule is CCC[C@]1(CO)CCN(Cc2ccc(C#N)cc2)C[C@H]1O. The van der Waals surface area contributed by atoms with Crippen LogP contribution in [0.2, 0.25) is 0 Å². The molecule has 0 amide bonds. The zero-order chi connectivity index (χ0) is 15.3. The minimum absolute atomic E-state index is 0.0622. The summed E-state index contributed by atoms with van der Waals surface area (Å²) in [4.78, 5) is 2.22. The van der Waals surface area contributed by atoms with Crippen molar-refractivity contribution in [2.45, 2.75) is 38.8 Å². The van der Waals surface area contributed by atoms with Crippen LogP contribution in [0, 0.1) is 16.7 Å². The Morgan fingerprint density at radius 3 is 2.62 bits per heavy atom. The number of β-amino-alcohol motifs (C(OH)–C–C–N with tert-alkyl or cyclic N) is 1. The van der Waals surface area contributed by atoms with Crippen molar-refractivity contribution in [2.75, 3.05) is 19.7 Å². The monoisotopic (exact) mass is 288 g/mol.